The van der Waals surface area contributed by atoms with Crippen molar-refractivity contribution < 1.29 is 17.7 Å². The van der Waals surface area contributed by atoms with Gasteiger partial charge >= 0.3 is 0 Å². The van der Waals surface area contributed by atoms with Crippen molar-refractivity contribution in [1.29, 1.82) is 0 Å². The van der Waals surface area contributed by atoms with Crippen LogP contribution in [0.15, 0.2) is 26.3 Å². The number of hydrogen-bond donors (Lipinski definition) is 0. The van der Waals surface area contributed by atoms with Crippen LogP contribution in [0, 0.1) is 20.8 Å². The first-order valence-electron chi connectivity index (χ1n) is 8.47. The molecule has 2 aromatic heterocycles. The Kier molecular flexibility index (Phi) is 4.94. The molecule has 1 fully saturated rings. The zero-order valence-electron chi connectivity index (χ0n) is 15.4. The predicted octanol–water partition coefficient (Wildman–Crippen LogP) is 1.53. The molecule has 0 amide bonds. The molecule has 2 aromatic rings. The monoisotopic (exact) mass is 381 g/mol. The molecule has 3 rings (SSSR count). The van der Waals surface area contributed by atoms with E-state index in [-0.39, 0.29) is 16.6 Å². The molecule has 0 saturated carbocycles. The molecule has 0 unspecified atom stereocenters. The normalized spacial score (nSPS) is 16.8. The van der Waals surface area contributed by atoms with Crippen LogP contribution in [0.3, 0.4) is 0 Å². The molecule has 0 bridgehead atoms. The van der Waals surface area contributed by atoms with Crippen LogP contribution in [0.25, 0.3) is 0 Å². The van der Waals surface area contributed by atoms with Crippen molar-refractivity contribution in [3.05, 3.63) is 39.6 Å². The molecule has 0 radical (unpaired) electrons. The quantitative estimate of drug-likeness (QED) is 0.797. The second kappa shape index (κ2) is 6.88. The van der Waals surface area contributed by atoms with Crippen LogP contribution in [0.1, 0.15) is 30.0 Å². The highest BCUT2D eigenvalue weighted by molar-refractivity contribution is 7.89. The Morgan fingerprint density at radius 3 is 2.38 bits per heavy atom. The van der Waals surface area contributed by atoms with Crippen molar-refractivity contribution in [2.75, 3.05) is 13.1 Å². The van der Waals surface area contributed by atoms with Gasteiger partial charge in [-0.2, -0.15) is 4.31 Å². The molecule has 142 valence electrons. The van der Waals surface area contributed by atoms with Crippen molar-refractivity contribution in [2.45, 2.75) is 44.6 Å². The molecule has 0 aromatic carbocycles. The van der Waals surface area contributed by atoms with Crippen LogP contribution in [-0.2, 0) is 17.1 Å². The SMILES string of the molecule is Cc1noc(C)c1S(=O)(=O)N1CCC(Oc2cc(C)n(C)c(=O)c2)CC1. The van der Waals surface area contributed by atoms with Gasteiger partial charge in [0.15, 0.2) is 5.76 Å². The van der Waals surface area contributed by atoms with Crippen LogP contribution in [-0.4, -0.2) is 41.6 Å². The molecule has 8 nitrogen and oxygen atoms in total. The largest absolute Gasteiger partial charge is 0.490 e. The summed E-state index contributed by atoms with van der Waals surface area (Å²) in [6.45, 7) is 5.76. The molecular weight excluding hydrogens is 358 g/mol. The van der Waals surface area contributed by atoms with Gasteiger partial charge in [0.05, 0.1) is 0 Å². The maximum Gasteiger partial charge on any atom is 0.254 e. The predicted molar refractivity (Wildman–Crippen MR) is 94.8 cm³/mol. The number of sulfonamides is 1. The summed E-state index contributed by atoms with van der Waals surface area (Å²) in [5, 5.41) is 3.73. The minimum atomic E-state index is -3.63. The zero-order chi connectivity index (χ0) is 19.1. The average molecular weight is 381 g/mol. The van der Waals surface area contributed by atoms with E-state index in [1.807, 2.05) is 13.0 Å². The molecule has 0 N–H and O–H groups in total. The summed E-state index contributed by atoms with van der Waals surface area (Å²) in [5.41, 5.74) is 1.06. The second-order valence-corrected chi connectivity index (χ2v) is 8.48. The van der Waals surface area contributed by atoms with Gasteiger partial charge < -0.3 is 13.8 Å². The van der Waals surface area contributed by atoms with Gasteiger partial charge in [-0.1, -0.05) is 5.16 Å². The fourth-order valence-corrected chi connectivity index (χ4v) is 4.92. The highest BCUT2D eigenvalue weighted by Gasteiger charge is 2.34. The van der Waals surface area contributed by atoms with Gasteiger partial charge in [-0.3, -0.25) is 4.79 Å². The maximum absolute atomic E-state index is 12.8. The third-order valence-corrected chi connectivity index (χ3v) is 6.89. The van der Waals surface area contributed by atoms with E-state index in [4.69, 9.17) is 9.26 Å². The maximum atomic E-state index is 12.8. The van der Waals surface area contributed by atoms with E-state index in [9.17, 15) is 13.2 Å². The molecule has 9 heteroatoms. The van der Waals surface area contributed by atoms with Crippen LogP contribution < -0.4 is 10.3 Å². The number of pyridine rings is 1. The van der Waals surface area contributed by atoms with E-state index in [0.29, 0.717) is 43.1 Å². The first-order chi connectivity index (χ1) is 12.2. The zero-order valence-corrected chi connectivity index (χ0v) is 16.2. The summed E-state index contributed by atoms with van der Waals surface area (Å²) < 4.78 is 39.5. The van der Waals surface area contributed by atoms with Crippen molar-refractivity contribution in [3.8, 4) is 5.75 Å². The van der Waals surface area contributed by atoms with Crippen molar-refractivity contribution in [2.24, 2.45) is 7.05 Å². The fourth-order valence-electron chi connectivity index (χ4n) is 3.16. The van der Waals surface area contributed by atoms with Crippen LogP contribution in [0.5, 0.6) is 5.75 Å². The first kappa shape index (κ1) is 18.7. The third kappa shape index (κ3) is 3.41. The van der Waals surface area contributed by atoms with Crippen LogP contribution in [0.4, 0.5) is 0 Å². The van der Waals surface area contributed by atoms with E-state index in [1.165, 1.54) is 10.4 Å². The Morgan fingerprint density at radius 1 is 1.19 bits per heavy atom. The van der Waals surface area contributed by atoms with Crippen molar-refractivity contribution >= 4 is 10.0 Å². The minimum Gasteiger partial charge on any atom is -0.490 e. The summed E-state index contributed by atoms with van der Waals surface area (Å²) in [7, 11) is -1.92. The number of aromatic nitrogens is 2. The molecule has 0 atom stereocenters. The van der Waals surface area contributed by atoms with Gasteiger partial charge in [0.25, 0.3) is 5.56 Å². The van der Waals surface area contributed by atoms with Gasteiger partial charge in [0.1, 0.15) is 22.4 Å². The lowest BCUT2D eigenvalue weighted by atomic mass is 10.1. The Hall–Kier alpha value is -2.13. The smallest absolute Gasteiger partial charge is 0.254 e. The topological polar surface area (TPSA) is 94.6 Å². The van der Waals surface area contributed by atoms with E-state index in [0.717, 1.165) is 5.69 Å². The van der Waals surface area contributed by atoms with E-state index < -0.39 is 10.0 Å². The molecule has 26 heavy (non-hydrogen) atoms. The Labute approximate surface area is 152 Å². The number of nitrogens with zero attached hydrogens (tertiary/aromatic N) is 3. The Balaban J connectivity index is 1.69. The average Bonchev–Trinajstić information content (AvgIpc) is 2.92. The number of rotatable bonds is 4. The highest BCUT2D eigenvalue weighted by atomic mass is 32.2. The molecule has 3 heterocycles. The third-order valence-electron chi connectivity index (χ3n) is 4.75. The standard InChI is InChI=1S/C17H23N3O5S/c1-11-9-15(10-16(21)19(11)4)24-14-5-7-20(8-6-14)26(22,23)17-12(2)18-25-13(17)3/h9-10,14H,5-8H2,1-4H3. The minimum absolute atomic E-state index is 0.126. The van der Waals surface area contributed by atoms with Gasteiger partial charge in [-0.15, -0.1) is 0 Å². The molecular formula is C17H23N3O5S. The van der Waals surface area contributed by atoms with Gasteiger partial charge in [0, 0.05) is 31.9 Å². The van der Waals surface area contributed by atoms with Crippen molar-refractivity contribution in [3.63, 3.8) is 0 Å². The molecule has 0 aliphatic carbocycles. The van der Waals surface area contributed by atoms with Crippen molar-refractivity contribution in [1.82, 2.24) is 14.0 Å². The van der Waals surface area contributed by atoms with E-state index >= 15 is 0 Å². The number of piperidine rings is 1. The molecule has 0 spiro atoms. The first-order valence-corrected chi connectivity index (χ1v) is 9.91. The second-order valence-electron chi connectivity index (χ2n) is 6.60. The molecule has 1 aliphatic rings. The summed E-state index contributed by atoms with van der Waals surface area (Å²) in [5.74, 6) is 0.828. The summed E-state index contributed by atoms with van der Waals surface area (Å²) in [6, 6.07) is 3.27. The lowest BCUT2D eigenvalue weighted by Gasteiger charge is -2.31. The lowest BCUT2D eigenvalue weighted by Crippen LogP contribution is -2.42. The van der Waals surface area contributed by atoms with Gasteiger partial charge in [0.2, 0.25) is 10.0 Å². The van der Waals surface area contributed by atoms with Gasteiger partial charge in [-0.25, -0.2) is 8.42 Å². The van der Waals surface area contributed by atoms with Crippen LogP contribution in [0.2, 0.25) is 0 Å². The van der Waals surface area contributed by atoms with Gasteiger partial charge in [-0.05, 0) is 39.7 Å². The van der Waals surface area contributed by atoms with E-state index in [2.05, 4.69) is 5.16 Å². The fraction of sp³-hybridized carbons (Fsp3) is 0.529. The summed E-state index contributed by atoms with van der Waals surface area (Å²) >= 11 is 0. The number of hydrogen-bond acceptors (Lipinski definition) is 6. The van der Waals surface area contributed by atoms with E-state index in [1.54, 1.807) is 25.5 Å². The summed E-state index contributed by atoms with van der Waals surface area (Å²) in [6.07, 6.45) is 0.978. The molecule has 1 saturated heterocycles. The Morgan fingerprint density at radius 2 is 1.85 bits per heavy atom. The Bertz CT molecular complexity index is 949. The number of ether oxygens (including phenoxy) is 1. The highest BCUT2D eigenvalue weighted by Crippen LogP contribution is 2.27. The summed E-state index contributed by atoms with van der Waals surface area (Å²) in [4.78, 5) is 12.0. The molecule has 1 aliphatic heterocycles. The lowest BCUT2D eigenvalue weighted by molar-refractivity contribution is 0.134. The van der Waals surface area contributed by atoms with Crippen LogP contribution >= 0.6 is 0 Å². The number of aryl methyl sites for hydroxylation is 3.